The molecule has 6 rings (SSSR count). The van der Waals surface area contributed by atoms with Crippen molar-refractivity contribution in [3.63, 3.8) is 0 Å². The minimum atomic E-state index is -0.414. The molecule has 180 valence electrons. The summed E-state index contributed by atoms with van der Waals surface area (Å²) < 4.78 is 24.0. The molecule has 1 N–H and O–H groups in total. The van der Waals surface area contributed by atoms with E-state index in [0.29, 0.717) is 37.1 Å². The zero-order chi connectivity index (χ0) is 23.9. The lowest BCUT2D eigenvalue weighted by Gasteiger charge is -2.28. The van der Waals surface area contributed by atoms with Crippen molar-refractivity contribution in [1.82, 2.24) is 14.9 Å². The molecule has 2 aromatic carbocycles. The number of nitrogens with zero attached hydrogens (tertiary/aromatic N) is 3. The molecule has 1 saturated carbocycles. The summed E-state index contributed by atoms with van der Waals surface area (Å²) in [4.78, 5) is 11.3. The molecule has 3 aliphatic rings. The second kappa shape index (κ2) is 8.68. The number of hydrogen-bond donors (Lipinski definition) is 1. The number of anilines is 2. The van der Waals surface area contributed by atoms with Crippen LogP contribution in [0.15, 0.2) is 42.7 Å². The zero-order valence-electron chi connectivity index (χ0n) is 19.8. The van der Waals surface area contributed by atoms with Gasteiger partial charge < -0.3 is 24.3 Å². The van der Waals surface area contributed by atoms with Crippen LogP contribution in [0.4, 0.5) is 11.5 Å². The van der Waals surface area contributed by atoms with Crippen molar-refractivity contribution in [1.29, 1.82) is 0 Å². The van der Waals surface area contributed by atoms with Gasteiger partial charge in [0.2, 0.25) is 0 Å². The highest BCUT2D eigenvalue weighted by atomic mass is 16.7. The highest BCUT2D eigenvalue weighted by Crippen LogP contribution is 2.61. The van der Waals surface area contributed by atoms with Gasteiger partial charge in [-0.15, -0.1) is 6.42 Å². The number of terminal acetylenes is 1. The van der Waals surface area contributed by atoms with Crippen LogP contribution in [-0.2, 0) is 9.47 Å². The number of rotatable bonds is 7. The highest BCUT2D eigenvalue weighted by molar-refractivity contribution is 5.93. The minimum absolute atomic E-state index is 0.165. The maximum Gasteiger partial charge on any atom is 0.188 e. The number of benzene rings is 2. The quantitative estimate of drug-likeness (QED) is 0.523. The molecular formula is C27H28N4O4. The van der Waals surface area contributed by atoms with Crippen LogP contribution in [0.1, 0.15) is 18.4 Å². The van der Waals surface area contributed by atoms with Crippen LogP contribution in [0, 0.1) is 17.8 Å². The number of aromatic nitrogens is 2. The molecule has 3 heterocycles. The molecular weight excluding hydrogens is 444 g/mol. The number of fused-ring (bicyclic) bond motifs is 2. The standard InChI is InChI=1S/C27H28N4O4/c1-3-19-5-4-6-20(13-19)30-25-21-14-24(23(32-2)15-22(21)28-18-29-25)33-10-9-31-16-26(7-8-26)27(17-31)34-11-12-35-27/h1,4-6,13-15,18H,7-12,16-17H2,2H3,(H,28,29,30). The molecule has 0 bridgehead atoms. The van der Waals surface area contributed by atoms with Gasteiger partial charge in [-0.05, 0) is 37.1 Å². The molecule has 2 saturated heterocycles. The van der Waals surface area contributed by atoms with Crippen LogP contribution in [0.2, 0.25) is 0 Å². The van der Waals surface area contributed by atoms with Crippen LogP contribution >= 0.6 is 0 Å². The third-order valence-electron chi connectivity index (χ3n) is 7.25. The average Bonchev–Trinajstić information content (AvgIpc) is 3.40. The molecule has 1 aromatic heterocycles. The summed E-state index contributed by atoms with van der Waals surface area (Å²) in [6.07, 6.45) is 9.41. The third-order valence-corrected chi connectivity index (χ3v) is 7.25. The smallest absolute Gasteiger partial charge is 0.188 e. The van der Waals surface area contributed by atoms with Gasteiger partial charge >= 0.3 is 0 Å². The highest BCUT2D eigenvalue weighted by Gasteiger charge is 2.67. The molecule has 3 fully saturated rings. The predicted octanol–water partition coefficient (Wildman–Crippen LogP) is 3.58. The topological polar surface area (TPSA) is 78.0 Å². The van der Waals surface area contributed by atoms with E-state index in [1.54, 1.807) is 7.11 Å². The molecule has 1 aliphatic carbocycles. The fourth-order valence-corrected chi connectivity index (χ4v) is 5.31. The van der Waals surface area contributed by atoms with E-state index >= 15 is 0 Å². The SMILES string of the molecule is C#Cc1cccc(Nc2ncnc3cc(OC)c(OCCN4CC5(CC5)C5(C4)OCCO5)cc23)c1. The van der Waals surface area contributed by atoms with E-state index in [9.17, 15) is 0 Å². The fraction of sp³-hybridized carbons (Fsp3) is 0.407. The Morgan fingerprint density at radius 1 is 1.11 bits per heavy atom. The van der Waals surface area contributed by atoms with Gasteiger partial charge in [-0.25, -0.2) is 9.97 Å². The summed E-state index contributed by atoms with van der Waals surface area (Å²) >= 11 is 0. The van der Waals surface area contributed by atoms with E-state index in [0.717, 1.165) is 41.8 Å². The summed E-state index contributed by atoms with van der Waals surface area (Å²) in [5, 5.41) is 4.18. The van der Waals surface area contributed by atoms with Gasteiger partial charge in [-0.1, -0.05) is 12.0 Å². The number of nitrogens with one attached hydrogen (secondary N) is 1. The van der Waals surface area contributed by atoms with E-state index in [4.69, 9.17) is 25.4 Å². The Hall–Kier alpha value is -3.38. The monoisotopic (exact) mass is 472 g/mol. The first kappa shape index (κ1) is 22.1. The number of methoxy groups -OCH3 is 1. The molecule has 8 heteroatoms. The maximum absolute atomic E-state index is 6.22. The van der Waals surface area contributed by atoms with Crippen LogP contribution in [0.5, 0.6) is 11.5 Å². The Kier molecular flexibility index (Phi) is 5.49. The lowest BCUT2D eigenvalue weighted by Crippen LogP contribution is -2.41. The number of likely N-dealkylation sites (tertiary alicyclic amines) is 1. The molecule has 0 amide bonds. The van der Waals surface area contributed by atoms with E-state index in [1.807, 2.05) is 36.4 Å². The molecule has 3 aromatic rings. The van der Waals surface area contributed by atoms with Crippen molar-refractivity contribution in [3.8, 4) is 23.8 Å². The van der Waals surface area contributed by atoms with Crippen molar-refractivity contribution >= 4 is 22.4 Å². The van der Waals surface area contributed by atoms with Gasteiger partial charge in [0, 0.05) is 41.2 Å². The third kappa shape index (κ3) is 3.96. The number of hydrogen-bond acceptors (Lipinski definition) is 8. The van der Waals surface area contributed by atoms with Gasteiger partial charge in [0.25, 0.3) is 0 Å². The zero-order valence-corrected chi connectivity index (χ0v) is 19.8. The Labute approximate surface area is 204 Å². The van der Waals surface area contributed by atoms with E-state index < -0.39 is 5.79 Å². The molecule has 0 unspecified atom stereocenters. The molecule has 8 nitrogen and oxygen atoms in total. The van der Waals surface area contributed by atoms with Gasteiger partial charge in [0.05, 0.1) is 32.4 Å². The fourth-order valence-electron chi connectivity index (χ4n) is 5.31. The first-order valence-electron chi connectivity index (χ1n) is 11.9. The Bertz CT molecular complexity index is 1290. The second-order valence-corrected chi connectivity index (χ2v) is 9.38. The molecule has 35 heavy (non-hydrogen) atoms. The lowest BCUT2D eigenvalue weighted by atomic mass is 10.00. The maximum atomic E-state index is 6.22. The van der Waals surface area contributed by atoms with Crippen LogP contribution in [0.25, 0.3) is 10.9 Å². The van der Waals surface area contributed by atoms with Gasteiger partial charge in [-0.3, -0.25) is 4.90 Å². The predicted molar refractivity (Wildman–Crippen MR) is 132 cm³/mol. The Balaban J connectivity index is 1.19. The molecule has 2 spiro atoms. The summed E-state index contributed by atoms with van der Waals surface area (Å²) in [6, 6.07) is 11.5. The molecule has 0 atom stereocenters. The average molecular weight is 473 g/mol. The summed E-state index contributed by atoms with van der Waals surface area (Å²) in [5.41, 5.74) is 2.57. The number of ether oxygens (including phenoxy) is 4. The van der Waals surface area contributed by atoms with Crippen molar-refractivity contribution in [2.24, 2.45) is 5.41 Å². The molecule has 2 aliphatic heterocycles. The lowest BCUT2D eigenvalue weighted by molar-refractivity contribution is -0.182. The van der Waals surface area contributed by atoms with Crippen LogP contribution < -0.4 is 14.8 Å². The van der Waals surface area contributed by atoms with E-state index in [-0.39, 0.29) is 5.41 Å². The second-order valence-electron chi connectivity index (χ2n) is 9.38. The van der Waals surface area contributed by atoms with Gasteiger partial charge in [0.1, 0.15) is 18.8 Å². The van der Waals surface area contributed by atoms with Gasteiger partial charge in [-0.2, -0.15) is 0 Å². The van der Waals surface area contributed by atoms with E-state index in [1.165, 1.54) is 19.2 Å². The summed E-state index contributed by atoms with van der Waals surface area (Å²) in [7, 11) is 1.63. The van der Waals surface area contributed by atoms with Crippen molar-refractivity contribution < 1.29 is 18.9 Å². The largest absolute Gasteiger partial charge is 0.493 e. The summed E-state index contributed by atoms with van der Waals surface area (Å²) in [6.45, 7) is 4.47. The van der Waals surface area contributed by atoms with Crippen LogP contribution in [0.3, 0.4) is 0 Å². The van der Waals surface area contributed by atoms with Crippen molar-refractivity contribution in [3.05, 3.63) is 48.3 Å². The minimum Gasteiger partial charge on any atom is -0.493 e. The first-order valence-corrected chi connectivity index (χ1v) is 11.9. The first-order chi connectivity index (χ1) is 17.1. The molecule has 0 radical (unpaired) electrons. The van der Waals surface area contributed by atoms with Crippen LogP contribution in [-0.4, -0.2) is 67.2 Å². The van der Waals surface area contributed by atoms with Crippen molar-refractivity contribution in [2.45, 2.75) is 18.6 Å². The van der Waals surface area contributed by atoms with Gasteiger partial charge in [0.15, 0.2) is 17.3 Å². The summed E-state index contributed by atoms with van der Waals surface area (Å²) in [5.74, 6) is 4.20. The van der Waals surface area contributed by atoms with E-state index in [2.05, 4.69) is 26.1 Å². The Morgan fingerprint density at radius 3 is 2.74 bits per heavy atom. The normalized spacial score (nSPS) is 19.8. The van der Waals surface area contributed by atoms with Crippen molar-refractivity contribution in [2.75, 3.05) is 51.9 Å². The Morgan fingerprint density at radius 2 is 1.97 bits per heavy atom.